The smallest absolute Gasteiger partial charge is 0.286 e. The predicted octanol–water partition coefficient (Wildman–Crippen LogP) is 4.40. The number of benzene rings is 2. The minimum Gasteiger partial charge on any atom is -0.497 e. The van der Waals surface area contributed by atoms with Crippen LogP contribution in [0.2, 0.25) is 0 Å². The number of nitro groups is 1. The van der Waals surface area contributed by atoms with Gasteiger partial charge < -0.3 is 18.9 Å². The molecule has 1 amide bonds. The Kier molecular flexibility index (Phi) is 7.11. The molecule has 3 aromatic rings. The number of anilines is 1. The zero-order valence-corrected chi connectivity index (χ0v) is 18.6. The maximum atomic E-state index is 12.8. The summed E-state index contributed by atoms with van der Waals surface area (Å²) in [6.45, 7) is 2.03. The van der Waals surface area contributed by atoms with E-state index in [2.05, 4.69) is 10.3 Å². The maximum absolute atomic E-state index is 12.8. The van der Waals surface area contributed by atoms with Crippen LogP contribution in [0.3, 0.4) is 0 Å². The van der Waals surface area contributed by atoms with Gasteiger partial charge in [-0.1, -0.05) is 0 Å². The van der Waals surface area contributed by atoms with E-state index in [1.807, 2.05) is 0 Å². The highest BCUT2D eigenvalue weighted by atomic mass is 32.1. The van der Waals surface area contributed by atoms with Gasteiger partial charge in [0.25, 0.3) is 11.6 Å². The van der Waals surface area contributed by atoms with Crippen LogP contribution < -0.4 is 24.3 Å². The minimum absolute atomic E-state index is 0.172. The van der Waals surface area contributed by atoms with Gasteiger partial charge in [-0.2, -0.15) is 0 Å². The van der Waals surface area contributed by atoms with Crippen LogP contribution in [0.1, 0.15) is 17.3 Å². The molecule has 0 fully saturated rings. The summed E-state index contributed by atoms with van der Waals surface area (Å²) < 4.78 is 21.2. The third kappa shape index (κ3) is 4.72. The van der Waals surface area contributed by atoms with Crippen molar-refractivity contribution in [2.45, 2.75) is 6.92 Å². The first-order valence-corrected chi connectivity index (χ1v) is 10.3. The van der Waals surface area contributed by atoms with E-state index >= 15 is 0 Å². The van der Waals surface area contributed by atoms with E-state index < -0.39 is 16.5 Å². The van der Waals surface area contributed by atoms with Crippen molar-refractivity contribution in [1.82, 2.24) is 4.98 Å². The van der Waals surface area contributed by atoms with E-state index in [4.69, 9.17) is 18.9 Å². The normalized spacial score (nSPS) is 10.4. The molecule has 3 rings (SSSR count). The third-order valence-electron chi connectivity index (χ3n) is 4.43. The second-order valence-electron chi connectivity index (χ2n) is 6.27. The van der Waals surface area contributed by atoms with Gasteiger partial charge in [0.15, 0.2) is 16.6 Å². The van der Waals surface area contributed by atoms with Gasteiger partial charge in [0.1, 0.15) is 17.1 Å². The Hall–Kier alpha value is -3.86. The number of hydrogen-bond acceptors (Lipinski definition) is 9. The van der Waals surface area contributed by atoms with Crippen LogP contribution in [0.4, 0.5) is 10.8 Å². The van der Waals surface area contributed by atoms with Crippen molar-refractivity contribution in [3.63, 3.8) is 0 Å². The molecule has 2 aromatic carbocycles. The number of amides is 1. The van der Waals surface area contributed by atoms with Crippen molar-refractivity contribution >= 4 is 28.1 Å². The van der Waals surface area contributed by atoms with Crippen molar-refractivity contribution in [2.75, 3.05) is 33.3 Å². The van der Waals surface area contributed by atoms with Gasteiger partial charge in [-0.25, -0.2) is 4.98 Å². The SMILES string of the molecule is CCOc1cc([N+](=O)[O-])c(C(=O)Nc2nc(-c3ccc(OC)cc3OC)cs2)cc1OC. The van der Waals surface area contributed by atoms with E-state index in [0.29, 0.717) is 22.8 Å². The lowest BCUT2D eigenvalue weighted by atomic mass is 10.1. The fourth-order valence-corrected chi connectivity index (χ4v) is 3.65. The molecule has 0 aliphatic heterocycles. The molecular weight excluding hydrogens is 438 g/mol. The van der Waals surface area contributed by atoms with Crippen molar-refractivity contribution in [2.24, 2.45) is 0 Å². The first-order chi connectivity index (χ1) is 15.4. The van der Waals surface area contributed by atoms with Gasteiger partial charge in [0, 0.05) is 23.1 Å². The number of carbonyl (C=O) groups excluding carboxylic acids is 1. The van der Waals surface area contributed by atoms with Crippen LogP contribution >= 0.6 is 11.3 Å². The summed E-state index contributed by atoms with van der Waals surface area (Å²) in [5.41, 5.74) is 0.705. The van der Waals surface area contributed by atoms with E-state index in [1.54, 1.807) is 37.6 Å². The lowest BCUT2D eigenvalue weighted by molar-refractivity contribution is -0.385. The summed E-state index contributed by atoms with van der Waals surface area (Å²) in [6, 6.07) is 7.74. The Balaban J connectivity index is 1.91. The minimum atomic E-state index is -0.694. The summed E-state index contributed by atoms with van der Waals surface area (Å²) >= 11 is 1.18. The highest BCUT2D eigenvalue weighted by Crippen LogP contribution is 2.37. The number of ether oxygens (including phenoxy) is 4. The Labute approximate surface area is 187 Å². The molecule has 168 valence electrons. The number of nitrogens with one attached hydrogen (secondary N) is 1. The fourth-order valence-electron chi connectivity index (χ4n) is 2.94. The Morgan fingerprint density at radius 2 is 1.84 bits per heavy atom. The summed E-state index contributed by atoms with van der Waals surface area (Å²) in [5.74, 6) is 0.887. The molecule has 11 heteroatoms. The summed E-state index contributed by atoms with van der Waals surface area (Å²) in [6.07, 6.45) is 0. The number of carbonyl (C=O) groups is 1. The van der Waals surface area contributed by atoms with Crippen LogP contribution in [0.15, 0.2) is 35.7 Å². The molecule has 1 aromatic heterocycles. The second-order valence-corrected chi connectivity index (χ2v) is 7.13. The number of nitrogens with zero attached hydrogens (tertiary/aromatic N) is 2. The van der Waals surface area contributed by atoms with Crippen LogP contribution in [0, 0.1) is 10.1 Å². The molecule has 0 spiro atoms. The molecule has 1 N–H and O–H groups in total. The first-order valence-electron chi connectivity index (χ1n) is 9.40. The topological polar surface area (TPSA) is 122 Å². The average molecular weight is 459 g/mol. The van der Waals surface area contributed by atoms with Gasteiger partial charge in [-0.15, -0.1) is 11.3 Å². The summed E-state index contributed by atoms with van der Waals surface area (Å²) in [7, 11) is 4.48. The summed E-state index contributed by atoms with van der Waals surface area (Å²) in [5, 5.41) is 16.2. The number of hydrogen-bond donors (Lipinski definition) is 1. The Morgan fingerprint density at radius 1 is 1.09 bits per heavy atom. The lowest BCUT2D eigenvalue weighted by Crippen LogP contribution is -2.14. The van der Waals surface area contributed by atoms with Crippen molar-refractivity contribution in [3.05, 3.63) is 51.4 Å². The first kappa shape index (κ1) is 22.8. The van der Waals surface area contributed by atoms with Crippen molar-refractivity contribution < 1.29 is 28.7 Å². The number of thiazole rings is 1. The number of rotatable bonds is 9. The quantitative estimate of drug-likeness (QED) is 0.369. The molecule has 0 radical (unpaired) electrons. The molecule has 0 aliphatic rings. The number of methoxy groups -OCH3 is 3. The van der Waals surface area contributed by atoms with Crippen LogP contribution in [0.25, 0.3) is 11.3 Å². The zero-order valence-electron chi connectivity index (χ0n) is 17.8. The van der Waals surface area contributed by atoms with Gasteiger partial charge in [0.05, 0.1) is 44.6 Å². The van der Waals surface area contributed by atoms with Gasteiger partial charge in [-0.3, -0.25) is 20.2 Å². The van der Waals surface area contributed by atoms with E-state index in [9.17, 15) is 14.9 Å². The molecule has 0 aliphatic carbocycles. The lowest BCUT2D eigenvalue weighted by Gasteiger charge is -2.11. The fraction of sp³-hybridized carbons (Fsp3) is 0.238. The summed E-state index contributed by atoms with van der Waals surface area (Å²) in [4.78, 5) is 28.1. The van der Waals surface area contributed by atoms with Gasteiger partial charge >= 0.3 is 0 Å². The highest BCUT2D eigenvalue weighted by Gasteiger charge is 2.25. The number of nitro benzene ring substituents is 1. The molecule has 0 unspecified atom stereocenters. The van der Waals surface area contributed by atoms with Crippen LogP contribution in [0.5, 0.6) is 23.0 Å². The van der Waals surface area contributed by atoms with E-state index in [0.717, 1.165) is 0 Å². The van der Waals surface area contributed by atoms with E-state index in [1.165, 1.54) is 37.7 Å². The van der Waals surface area contributed by atoms with Gasteiger partial charge in [-0.05, 0) is 19.1 Å². The highest BCUT2D eigenvalue weighted by molar-refractivity contribution is 7.14. The predicted molar refractivity (Wildman–Crippen MR) is 119 cm³/mol. The molecule has 10 nitrogen and oxygen atoms in total. The monoisotopic (exact) mass is 459 g/mol. The third-order valence-corrected chi connectivity index (χ3v) is 5.19. The van der Waals surface area contributed by atoms with Crippen LogP contribution in [-0.4, -0.2) is 43.8 Å². The standard InChI is InChI=1S/C21H21N3O7S/c1-5-31-19-10-16(24(26)27)14(9-18(19)30-4)20(25)23-21-22-15(11-32-21)13-7-6-12(28-2)8-17(13)29-3/h6-11H,5H2,1-4H3,(H,22,23,25). The molecule has 32 heavy (non-hydrogen) atoms. The van der Waals surface area contributed by atoms with Crippen molar-refractivity contribution in [3.8, 4) is 34.3 Å². The van der Waals surface area contributed by atoms with Gasteiger partial charge in [0.2, 0.25) is 0 Å². The largest absolute Gasteiger partial charge is 0.497 e. The molecule has 1 heterocycles. The maximum Gasteiger partial charge on any atom is 0.286 e. The molecule has 0 saturated carbocycles. The Bertz CT molecular complexity index is 1150. The van der Waals surface area contributed by atoms with Crippen LogP contribution in [-0.2, 0) is 0 Å². The number of aromatic nitrogens is 1. The average Bonchev–Trinajstić information content (AvgIpc) is 3.26. The zero-order chi connectivity index (χ0) is 23.3. The molecule has 0 bridgehead atoms. The molecule has 0 saturated heterocycles. The molecular formula is C21H21N3O7S. The molecule has 0 atom stereocenters. The Morgan fingerprint density at radius 3 is 2.47 bits per heavy atom. The van der Waals surface area contributed by atoms with E-state index in [-0.39, 0.29) is 28.8 Å². The second kappa shape index (κ2) is 9.96. The van der Waals surface area contributed by atoms with Crippen molar-refractivity contribution in [1.29, 1.82) is 0 Å².